The Hall–Kier alpha value is -4.62. The SMILES string of the molecule is C[C@@H]1CN([C@H](C)CO)C(=O)c2cc(NC(=O)Nc3ccc(C(F)(F)F)cc3)ccc2O[C@@H](C)CCCCO[C@@H]1CN(C)C(=O)Cc1ccccc1. The number of hydrogen-bond acceptors (Lipinski definition) is 6. The molecule has 0 spiro atoms. The van der Waals surface area contributed by atoms with E-state index in [-0.39, 0.29) is 54.4 Å². The van der Waals surface area contributed by atoms with E-state index in [1.165, 1.54) is 11.0 Å². The maximum Gasteiger partial charge on any atom is 0.416 e. The van der Waals surface area contributed by atoms with Crippen molar-refractivity contribution in [1.29, 1.82) is 0 Å². The van der Waals surface area contributed by atoms with E-state index in [0.29, 0.717) is 25.3 Å². The minimum absolute atomic E-state index is 0.0599. The first-order valence-corrected chi connectivity index (χ1v) is 17.1. The van der Waals surface area contributed by atoms with Gasteiger partial charge in [-0.15, -0.1) is 0 Å². The maximum absolute atomic E-state index is 14.4. The van der Waals surface area contributed by atoms with E-state index in [2.05, 4.69) is 10.6 Å². The summed E-state index contributed by atoms with van der Waals surface area (Å²) in [7, 11) is 1.74. The Morgan fingerprint density at radius 1 is 1.00 bits per heavy atom. The number of fused-ring (bicyclic) bond motifs is 1. The number of likely N-dealkylation sites (N-methyl/N-ethyl adjacent to an activating group) is 1. The summed E-state index contributed by atoms with van der Waals surface area (Å²) in [6.45, 7) is 6.21. The Kier molecular flexibility index (Phi) is 13.9. The molecule has 1 heterocycles. The second-order valence-corrected chi connectivity index (χ2v) is 13.1. The number of urea groups is 1. The third-order valence-corrected chi connectivity index (χ3v) is 8.86. The van der Waals surface area contributed by atoms with Crippen LogP contribution in [0.2, 0.25) is 0 Å². The molecule has 0 aromatic heterocycles. The number of carbonyl (C=O) groups excluding carboxylic acids is 3. The molecule has 13 heteroatoms. The number of aliphatic hydroxyl groups is 1. The average Bonchev–Trinajstić information content (AvgIpc) is 3.09. The molecule has 276 valence electrons. The zero-order chi connectivity index (χ0) is 37.1. The summed E-state index contributed by atoms with van der Waals surface area (Å²) >= 11 is 0. The van der Waals surface area contributed by atoms with Crippen molar-refractivity contribution >= 4 is 29.2 Å². The average molecular weight is 713 g/mol. The van der Waals surface area contributed by atoms with Gasteiger partial charge in [0.15, 0.2) is 0 Å². The number of alkyl halides is 3. The summed E-state index contributed by atoms with van der Waals surface area (Å²) in [6.07, 6.45) is -2.69. The molecule has 0 saturated carbocycles. The molecule has 10 nitrogen and oxygen atoms in total. The maximum atomic E-state index is 14.4. The van der Waals surface area contributed by atoms with Gasteiger partial charge in [0.1, 0.15) is 5.75 Å². The Morgan fingerprint density at radius 3 is 2.33 bits per heavy atom. The lowest BCUT2D eigenvalue weighted by Gasteiger charge is -2.36. The van der Waals surface area contributed by atoms with Crippen molar-refractivity contribution in [1.82, 2.24) is 9.80 Å². The molecular formula is C38H47F3N4O6. The number of anilines is 2. The summed E-state index contributed by atoms with van der Waals surface area (Å²) < 4.78 is 51.5. The van der Waals surface area contributed by atoms with Gasteiger partial charge in [-0.2, -0.15) is 13.2 Å². The Morgan fingerprint density at radius 2 is 1.67 bits per heavy atom. The molecule has 3 aromatic carbocycles. The number of nitrogens with zero attached hydrogens (tertiary/aromatic N) is 2. The number of carbonyl (C=O) groups is 3. The van der Waals surface area contributed by atoms with Crippen molar-refractivity contribution in [3.8, 4) is 5.75 Å². The highest BCUT2D eigenvalue weighted by Crippen LogP contribution is 2.31. The molecule has 0 unspecified atom stereocenters. The number of amides is 4. The molecule has 51 heavy (non-hydrogen) atoms. The van der Waals surface area contributed by atoms with Gasteiger partial charge in [0.2, 0.25) is 5.91 Å². The third-order valence-electron chi connectivity index (χ3n) is 8.86. The Bertz CT molecular complexity index is 1610. The van der Waals surface area contributed by atoms with Crippen molar-refractivity contribution in [2.75, 3.05) is 44.0 Å². The van der Waals surface area contributed by atoms with Gasteiger partial charge in [-0.3, -0.25) is 9.59 Å². The van der Waals surface area contributed by atoms with Gasteiger partial charge in [-0.25, -0.2) is 4.79 Å². The number of aliphatic hydroxyl groups excluding tert-OH is 1. The zero-order valence-corrected chi connectivity index (χ0v) is 29.4. The van der Waals surface area contributed by atoms with Crippen molar-refractivity contribution < 1.29 is 42.1 Å². The largest absolute Gasteiger partial charge is 0.490 e. The monoisotopic (exact) mass is 712 g/mol. The lowest BCUT2D eigenvalue weighted by molar-refractivity contribution is -0.137. The topological polar surface area (TPSA) is 120 Å². The first kappa shape index (κ1) is 39.2. The predicted octanol–water partition coefficient (Wildman–Crippen LogP) is 6.85. The standard InChI is InChI=1S/C38H47F3N4O6/c1-25-22-45(26(2)24-46)36(48)32-21-31(43-37(49)42-30-15-13-29(14-16-30)38(39,40)41)17-18-33(32)51-27(3)10-8-9-19-50-34(25)23-44(4)35(47)20-28-11-6-5-7-12-28/h5-7,11-18,21,25-27,34,46H,8-10,19-20,22-24H2,1-4H3,(H2,42,43,49)/t25-,26-,27+,34-/m1/s1. The van der Waals surface area contributed by atoms with Gasteiger partial charge in [0.05, 0.1) is 42.4 Å². The molecule has 0 bridgehead atoms. The molecule has 0 aliphatic carbocycles. The minimum atomic E-state index is -4.51. The van der Waals surface area contributed by atoms with E-state index in [1.807, 2.05) is 44.2 Å². The van der Waals surface area contributed by atoms with Crippen LogP contribution in [0.3, 0.4) is 0 Å². The molecule has 1 aliphatic rings. The number of hydrogen-bond donors (Lipinski definition) is 3. The molecule has 3 N–H and O–H groups in total. The van der Waals surface area contributed by atoms with E-state index in [0.717, 1.165) is 42.7 Å². The van der Waals surface area contributed by atoms with E-state index >= 15 is 0 Å². The van der Waals surface area contributed by atoms with Gasteiger partial charge >= 0.3 is 12.2 Å². The summed E-state index contributed by atoms with van der Waals surface area (Å²) in [5.74, 6) is -0.450. The van der Waals surface area contributed by atoms with Crippen molar-refractivity contribution in [3.63, 3.8) is 0 Å². The Labute approximate surface area is 296 Å². The summed E-state index contributed by atoms with van der Waals surface area (Å²) in [4.78, 5) is 43.5. The fourth-order valence-corrected chi connectivity index (χ4v) is 5.78. The van der Waals surface area contributed by atoms with E-state index in [1.54, 1.807) is 31.0 Å². The smallest absolute Gasteiger partial charge is 0.416 e. The first-order chi connectivity index (χ1) is 24.2. The molecule has 0 saturated heterocycles. The molecule has 4 atom stereocenters. The lowest BCUT2D eigenvalue weighted by Crippen LogP contribution is -2.48. The van der Waals surface area contributed by atoms with E-state index in [9.17, 15) is 32.7 Å². The van der Waals surface area contributed by atoms with Crippen LogP contribution in [0.4, 0.5) is 29.3 Å². The fraction of sp³-hybridized carbons (Fsp3) is 0.447. The molecule has 0 radical (unpaired) electrons. The Balaban J connectivity index is 1.56. The number of rotatable bonds is 8. The third kappa shape index (κ3) is 11.4. The van der Waals surface area contributed by atoms with Crippen LogP contribution >= 0.6 is 0 Å². The molecule has 3 aromatic rings. The van der Waals surface area contributed by atoms with Crippen molar-refractivity contribution in [3.05, 3.63) is 89.5 Å². The summed E-state index contributed by atoms with van der Waals surface area (Å²) in [5.41, 5.74) is 0.612. The van der Waals surface area contributed by atoms with Crippen molar-refractivity contribution in [2.24, 2.45) is 5.92 Å². The highest BCUT2D eigenvalue weighted by atomic mass is 19.4. The van der Waals surface area contributed by atoms with Crippen LogP contribution in [-0.2, 0) is 22.1 Å². The summed E-state index contributed by atoms with van der Waals surface area (Å²) in [5, 5.41) is 15.4. The van der Waals surface area contributed by atoms with E-state index < -0.39 is 35.8 Å². The van der Waals surface area contributed by atoms with Gasteiger partial charge in [-0.05, 0) is 81.1 Å². The quantitative estimate of drug-likeness (QED) is 0.235. The van der Waals surface area contributed by atoms with Gasteiger partial charge < -0.3 is 35.0 Å². The van der Waals surface area contributed by atoms with Gasteiger partial charge in [0, 0.05) is 44.0 Å². The van der Waals surface area contributed by atoms with Crippen LogP contribution in [0.5, 0.6) is 5.75 Å². The second kappa shape index (κ2) is 18.0. The number of nitrogens with one attached hydrogen (secondary N) is 2. The summed E-state index contributed by atoms with van der Waals surface area (Å²) in [6, 6.07) is 16.8. The van der Waals surface area contributed by atoms with Crippen LogP contribution in [0, 0.1) is 5.92 Å². The van der Waals surface area contributed by atoms with Crippen LogP contribution in [-0.4, -0.2) is 84.4 Å². The number of benzene rings is 3. The van der Waals surface area contributed by atoms with Crippen LogP contribution < -0.4 is 15.4 Å². The van der Waals surface area contributed by atoms with Crippen LogP contribution in [0.15, 0.2) is 72.8 Å². The molecule has 0 fully saturated rings. The molecular weight excluding hydrogens is 665 g/mol. The second-order valence-electron chi connectivity index (χ2n) is 13.1. The number of halogens is 3. The highest BCUT2D eigenvalue weighted by Gasteiger charge is 2.32. The van der Waals surface area contributed by atoms with Crippen molar-refractivity contribution in [2.45, 2.75) is 70.9 Å². The first-order valence-electron chi connectivity index (χ1n) is 17.1. The predicted molar refractivity (Wildman–Crippen MR) is 189 cm³/mol. The molecule has 4 rings (SSSR count). The van der Waals surface area contributed by atoms with Crippen LogP contribution in [0.1, 0.15) is 61.5 Å². The zero-order valence-electron chi connectivity index (χ0n) is 29.4. The van der Waals surface area contributed by atoms with E-state index in [4.69, 9.17) is 9.47 Å². The molecule has 4 amide bonds. The normalized spacial score (nSPS) is 19.6. The molecule has 1 aliphatic heterocycles. The fourth-order valence-electron chi connectivity index (χ4n) is 5.78. The lowest BCUT2D eigenvalue weighted by atomic mass is 10.0. The number of ether oxygens (including phenoxy) is 2. The minimum Gasteiger partial charge on any atom is -0.490 e. The highest BCUT2D eigenvalue weighted by molar-refractivity contribution is 6.02. The van der Waals surface area contributed by atoms with Crippen LogP contribution in [0.25, 0.3) is 0 Å². The van der Waals surface area contributed by atoms with Gasteiger partial charge in [0.25, 0.3) is 5.91 Å². The van der Waals surface area contributed by atoms with Gasteiger partial charge in [-0.1, -0.05) is 37.3 Å².